The maximum atomic E-state index is 13.4. The fraction of sp³-hybridized carbons (Fsp3) is 0.0833. The van der Waals surface area contributed by atoms with Crippen molar-refractivity contribution in [1.82, 2.24) is 5.32 Å². The molecule has 1 aliphatic heterocycles. The number of nitrogens with one attached hydrogen (secondary N) is 1. The van der Waals surface area contributed by atoms with E-state index in [4.69, 9.17) is 0 Å². The standard InChI is InChI=1S/C24H21NO2S/c1-18-12-14-21(15-13-18)28(26,27)24-17-25-23(20-10-6-3-7-11-20)16-22(24)19-8-4-2-5-9-19/h2-17,23,25H,1H3. The molecule has 1 N–H and O–H groups in total. The van der Waals surface area contributed by atoms with Gasteiger partial charge in [-0.25, -0.2) is 8.42 Å². The summed E-state index contributed by atoms with van der Waals surface area (Å²) in [5.41, 5.74) is 3.71. The number of allylic oxidation sites excluding steroid dienone is 1. The minimum atomic E-state index is -3.65. The van der Waals surface area contributed by atoms with Gasteiger partial charge in [-0.3, -0.25) is 0 Å². The van der Waals surface area contributed by atoms with Crippen LogP contribution < -0.4 is 5.32 Å². The number of dihydropyridines is 1. The van der Waals surface area contributed by atoms with E-state index >= 15 is 0 Å². The van der Waals surface area contributed by atoms with Crippen LogP contribution in [0.3, 0.4) is 0 Å². The molecule has 1 unspecified atom stereocenters. The molecule has 0 radical (unpaired) electrons. The van der Waals surface area contributed by atoms with Gasteiger partial charge in [-0.05, 0) is 36.3 Å². The number of rotatable bonds is 4. The van der Waals surface area contributed by atoms with Crippen LogP contribution in [0.25, 0.3) is 5.57 Å². The Labute approximate surface area is 166 Å². The van der Waals surface area contributed by atoms with E-state index in [0.29, 0.717) is 10.5 Å². The van der Waals surface area contributed by atoms with E-state index in [1.807, 2.05) is 85.8 Å². The Morgan fingerprint density at radius 2 is 1.39 bits per heavy atom. The molecule has 140 valence electrons. The van der Waals surface area contributed by atoms with Gasteiger partial charge in [0, 0.05) is 11.8 Å². The minimum absolute atomic E-state index is 0.0895. The molecular formula is C24H21NO2S. The molecule has 4 rings (SSSR count). The SMILES string of the molecule is Cc1ccc(S(=O)(=O)C2=CNC(c3ccccc3)C=C2c2ccccc2)cc1. The summed E-state index contributed by atoms with van der Waals surface area (Å²) in [6.07, 6.45) is 3.63. The summed E-state index contributed by atoms with van der Waals surface area (Å²) in [6.45, 7) is 1.94. The van der Waals surface area contributed by atoms with Crippen molar-refractivity contribution in [2.24, 2.45) is 0 Å². The van der Waals surface area contributed by atoms with Crippen molar-refractivity contribution in [3.8, 4) is 0 Å². The molecule has 3 nitrogen and oxygen atoms in total. The molecule has 1 heterocycles. The molecule has 0 saturated heterocycles. The van der Waals surface area contributed by atoms with Crippen LogP contribution in [0.15, 0.2) is 107 Å². The molecule has 0 aliphatic carbocycles. The zero-order valence-corrected chi connectivity index (χ0v) is 16.4. The largest absolute Gasteiger partial charge is 0.379 e. The fourth-order valence-electron chi connectivity index (χ4n) is 3.32. The third kappa shape index (κ3) is 3.51. The van der Waals surface area contributed by atoms with E-state index in [9.17, 15) is 8.42 Å². The third-order valence-corrected chi connectivity index (χ3v) is 6.67. The first-order chi connectivity index (χ1) is 13.6. The lowest BCUT2D eigenvalue weighted by atomic mass is 9.97. The summed E-state index contributed by atoms with van der Waals surface area (Å²) in [7, 11) is -3.65. The normalized spacial score (nSPS) is 16.7. The summed E-state index contributed by atoms with van der Waals surface area (Å²) < 4.78 is 26.8. The van der Waals surface area contributed by atoms with Gasteiger partial charge in [-0.2, -0.15) is 0 Å². The van der Waals surface area contributed by atoms with Gasteiger partial charge < -0.3 is 5.32 Å². The van der Waals surface area contributed by atoms with Crippen molar-refractivity contribution < 1.29 is 8.42 Å². The zero-order chi connectivity index (χ0) is 19.6. The Kier molecular flexibility index (Phi) is 4.88. The minimum Gasteiger partial charge on any atom is -0.379 e. The highest BCUT2D eigenvalue weighted by Crippen LogP contribution is 2.36. The van der Waals surface area contributed by atoms with E-state index < -0.39 is 9.84 Å². The van der Waals surface area contributed by atoms with Crippen molar-refractivity contribution in [3.63, 3.8) is 0 Å². The lowest BCUT2D eigenvalue weighted by Gasteiger charge is -2.24. The van der Waals surface area contributed by atoms with Crippen LogP contribution in [0.5, 0.6) is 0 Å². The Balaban J connectivity index is 1.81. The van der Waals surface area contributed by atoms with E-state index in [1.54, 1.807) is 18.3 Å². The first-order valence-electron chi connectivity index (χ1n) is 9.16. The van der Waals surface area contributed by atoms with Gasteiger partial charge in [0.15, 0.2) is 0 Å². The zero-order valence-electron chi connectivity index (χ0n) is 15.5. The van der Waals surface area contributed by atoms with Crippen molar-refractivity contribution in [2.75, 3.05) is 0 Å². The topological polar surface area (TPSA) is 46.2 Å². The summed E-state index contributed by atoms with van der Waals surface area (Å²) in [6, 6.07) is 26.5. The first kappa shape index (κ1) is 18.3. The van der Waals surface area contributed by atoms with Crippen LogP contribution in [-0.4, -0.2) is 8.42 Å². The van der Waals surface area contributed by atoms with E-state index in [2.05, 4.69) is 5.32 Å². The predicted molar refractivity (Wildman–Crippen MR) is 113 cm³/mol. The molecule has 1 atom stereocenters. The van der Waals surface area contributed by atoms with Crippen LogP contribution >= 0.6 is 0 Å². The summed E-state index contributed by atoms with van der Waals surface area (Å²) in [5, 5.41) is 3.25. The predicted octanol–water partition coefficient (Wildman–Crippen LogP) is 5.04. The van der Waals surface area contributed by atoms with Gasteiger partial charge in [-0.1, -0.05) is 78.4 Å². The number of hydrogen-bond acceptors (Lipinski definition) is 3. The van der Waals surface area contributed by atoms with Crippen LogP contribution in [-0.2, 0) is 9.84 Å². The second-order valence-corrected chi connectivity index (χ2v) is 8.74. The van der Waals surface area contributed by atoms with Crippen LogP contribution in [0.1, 0.15) is 22.7 Å². The molecule has 0 aromatic heterocycles. The molecule has 0 bridgehead atoms. The lowest BCUT2D eigenvalue weighted by molar-refractivity contribution is 0.602. The highest BCUT2D eigenvalue weighted by molar-refractivity contribution is 7.95. The Morgan fingerprint density at radius 1 is 0.786 bits per heavy atom. The number of aryl methyl sites for hydroxylation is 1. The average Bonchev–Trinajstić information content (AvgIpc) is 2.75. The van der Waals surface area contributed by atoms with Crippen LogP contribution in [0.2, 0.25) is 0 Å². The van der Waals surface area contributed by atoms with Crippen molar-refractivity contribution in [3.05, 3.63) is 119 Å². The highest BCUT2D eigenvalue weighted by atomic mass is 32.2. The fourth-order valence-corrected chi connectivity index (χ4v) is 4.76. The number of hydrogen-bond donors (Lipinski definition) is 1. The molecule has 1 aliphatic rings. The highest BCUT2D eigenvalue weighted by Gasteiger charge is 2.28. The van der Waals surface area contributed by atoms with E-state index in [0.717, 1.165) is 16.7 Å². The number of sulfone groups is 1. The number of benzene rings is 3. The second-order valence-electron chi connectivity index (χ2n) is 6.83. The van der Waals surface area contributed by atoms with E-state index in [-0.39, 0.29) is 10.9 Å². The van der Waals surface area contributed by atoms with Crippen molar-refractivity contribution in [1.29, 1.82) is 0 Å². The molecular weight excluding hydrogens is 366 g/mol. The average molecular weight is 388 g/mol. The van der Waals surface area contributed by atoms with Gasteiger partial charge in [0.2, 0.25) is 9.84 Å². The molecule has 3 aromatic rings. The maximum absolute atomic E-state index is 13.4. The molecule has 0 fully saturated rings. The first-order valence-corrected chi connectivity index (χ1v) is 10.6. The second kappa shape index (κ2) is 7.49. The Bertz CT molecular complexity index is 1130. The van der Waals surface area contributed by atoms with Crippen LogP contribution in [0, 0.1) is 6.92 Å². The molecule has 4 heteroatoms. The van der Waals surface area contributed by atoms with Crippen molar-refractivity contribution in [2.45, 2.75) is 17.9 Å². The summed E-state index contributed by atoms with van der Waals surface area (Å²) in [4.78, 5) is 0.584. The summed E-state index contributed by atoms with van der Waals surface area (Å²) in [5.74, 6) is 0. The molecule has 0 saturated carbocycles. The van der Waals surface area contributed by atoms with Gasteiger partial charge in [0.1, 0.15) is 0 Å². The van der Waals surface area contributed by atoms with Crippen LogP contribution in [0.4, 0.5) is 0 Å². The van der Waals surface area contributed by atoms with Gasteiger partial charge in [0.05, 0.1) is 15.8 Å². The maximum Gasteiger partial charge on any atom is 0.208 e. The molecule has 3 aromatic carbocycles. The van der Waals surface area contributed by atoms with Gasteiger partial charge in [-0.15, -0.1) is 0 Å². The van der Waals surface area contributed by atoms with Gasteiger partial charge >= 0.3 is 0 Å². The molecule has 0 spiro atoms. The Morgan fingerprint density at radius 3 is 2.04 bits per heavy atom. The lowest BCUT2D eigenvalue weighted by Crippen LogP contribution is -2.22. The Hall–Kier alpha value is -3.11. The quantitative estimate of drug-likeness (QED) is 0.682. The smallest absolute Gasteiger partial charge is 0.208 e. The monoisotopic (exact) mass is 387 g/mol. The van der Waals surface area contributed by atoms with E-state index in [1.165, 1.54) is 0 Å². The molecule has 28 heavy (non-hydrogen) atoms. The molecule has 0 amide bonds. The van der Waals surface area contributed by atoms with Crippen molar-refractivity contribution >= 4 is 15.4 Å². The summed E-state index contributed by atoms with van der Waals surface area (Å²) >= 11 is 0. The van der Waals surface area contributed by atoms with Gasteiger partial charge in [0.25, 0.3) is 0 Å². The third-order valence-electron chi connectivity index (χ3n) is 4.86.